The first-order valence-corrected chi connectivity index (χ1v) is 8.61. The van der Waals surface area contributed by atoms with Gasteiger partial charge in [-0.05, 0) is 58.7 Å². The van der Waals surface area contributed by atoms with Crippen LogP contribution in [-0.2, 0) is 0 Å². The summed E-state index contributed by atoms with van der Waals surface area (Å²) in [6.07, 6.45) is 9.07. The molecule has 0 amide bonds. The Morgan fingerprint density at radius 3 is 2.43 bits per heavy atom. The van der Waals surface area contributed by atoms with Crippen molar-refractivity contribution < 1.29 is 4.79 Å². The lowest BCUT2D eigenvalue weighted by Gasteiger charge is -2.26. The van der Waals surface area contributed by atoms with E-state index in [0.717, 1.165) is 18.7 Å². The van der Waals surface area contributed by atoms with Gasteiger partial charge in [0, 0.05) is 23.0 Å². The molecule has 116 valence electrons. The summed E-state index contributed by atoms with van der Waals surface area (Å²) < 4.78 is 2.44. The highest BCUT2D eigenvalue weighted by Gasteiger charge is 2.24. The second kappa shape index (κ2) is 6.35. The van der Waals surface area contributed by atoms with Gasteiger partial charge in [-0.2, -0.15) is 0 Å². The normalized spacial score (nSPS) is 21.0. The number of hydrogen-bond acceptors (Lipinski definition) is 2. The number of ketones is 1. The van der Waals surface area contributed by atoms with E-state index < -0.39 is 0 Å². The van der Waals surface area contributed by atoms with Crippen LogP contribution in [0.25, 0.3) is 0 Å². The van der Waals surface area contributed by atoms with Crippen LogP contribution in [0.2, 0.25) is 0 Å². The van der Waals surface area contributed by atoms with Crippen molar-refractivity contribution in [1.29, 1.82) is 0 Å². The Morgan fingerprint density at radius 1 is 1.10 bits per heavy atom. The predicted octanol–water partition coefficient (Wildman–Crippen LogP) is 3.89. The van der Waals surface area contributed by atoms with Crippen molar-refractivity contribution in [3.05, 3.63) is 23.0 Å². The topological polar surface area (TPSA) is 25.2 Å². The molecule has 1 aromatic rings. The first kappa shape index (κ1) is 14.8. The third kappa shape index (κ3) is 3.08. The van der Waals surface area contributed by atoms with Crippen LogP contribution < -0.4 is 0 Å². The first-order valence-electron chi connectivity index (χ1n) is 8.61. The van der Waals surface area contributed by atoms with Gasteiger partial charge in [0.2, 0.25) is 0 Å². The smallest absolute Gasteiger partial charge is 0.178 e. The molecule has 0 aromatic carbocycles. The second-order valence-electron chi connectivity index (χ2n) is 6.85. The zero-order chi connectivity index (χ0) is 14.8. The lowest BCUT2D eigenvalue weighted by Crippen LogP contribution is -2.27. The van der Waals surface area contributed by atoms with Crippen LogP contribution in [0.5, 0.6) is 0 Å². The van der Waals surface area contributed by atoms with Gasteiger partial charge in [0.25, 0.3) is 0 Å². The Labute approximate surface area is 128 Å². The number of aromatic nitrogens is 1. The average Bonchev–Trinajstić information content (AvgIpc) is 3.08. The molecular weight excluding hydrogens is 260 g/mol. The molecule has 0 spiro atoms. The van der Waals surface area contributed by atoms with Crippen LogP contribution in [0.1, 0.15) is 72.7 Å². The van der Waals surface area contributed by atoms with E-state index in [-0.39, 0.29) is 0 Å². The van der Waals surface area contributed by atoms with Crippen molar-refractivity contribution in [2.75, 3.05) is 19.6 Å². The summed E-state index contributed by atoms with van der Waals surface area (Å²) in [5, 5.41) is 0. The molecule has 21 heavy (non-hydrogen) atoms. The number of carbonyl (C=O) groups excluding carboxylic acids is 1. The highest BCUT2D eigenvalue weighted by molar-refractivity contribution is 5.99. The number of nitrogens with zero attached hydrogens (tertiary/aromatic N) is 2. The van der Waals surface area contributed by atoms with Crippen molar-refractivity contribution in [1.82, 2.24) is 9.47 Å². The maximum Gasteiger partial charge on any atom is 0.178 e. The molecule has 1 saturated carbocycles. The standard InChI is InChI=1S/C18H28N2O/c1-14-12-17(18(21)13-19-10-6-7-11-19)15(2)20(14)16-8-4-3-5-9-16/h12,16H,3-11,13H2,1-2H3. The van der Waals surface area contributed by atoms with Gasteiger partial charge in [-0.25, -0.2) is 0 Å². The highest BCUT2D eigenvalue weighted by atomic mass is 16.1. The van der Waals surface area contributed by atoms with Crippen LogP contribution >= 0.6 is 0 Å². The van der Waals surface area contributed by atoms with E-state index in [9.17, 15) is 4.79 Å². The number of rotatable bonds is 4. The summed E-state index contributed by atoms with van der Waals surface area (Å²) in [5.74, 6) is 0.312. The van der Waals surface area contributed by atoms with E-state index in [1.807, 2.05) is 0 Å². The largest absolute Gasteiger partial charge is 0.345 e. The van der Waals surface area contributed by atoms with Crippen LogP contribution in [0, 0.1) is 13.8 Å². The van der Waals surface area contributed by atoms with Gasteiger partial charge < -0.3 is 4.57 Å². The lowest BCUT2D eigenvalue weighted by molar-refractivity contribution is 0.0944. The molecule has 1 aliphatic carbocycles. The molecule has 3 nitrogen and oxygen atoms in total. The van der Waals surface area contributed by atoms with E-state index >= 15 is 0 Å². The lowest BCUT2D eigenvalue weighted by atomic mass is 9.95. The van der Waals surface area contributed by atoms with E-state index in [4.69, 9.17) is 0 Å². The van der Waals surface area contributed by atoms with Gasteiger partial charge in [-0.1, -0.05) is 19.3 Å². The van der Waals surface area contributed by atoms with Crippen molar-refractivity contribution >= 4 is 5.78 Å². The van der Waals surface area contributed by atoms with Crippen LogP contribution in [-0.4, -0.2) is 34.9 Å². The van der Waals surface area contributed by atoms with Gasteiger partial charge >= 0.3 is 0 Å². The zero-order valence-corrected chi connectivity index (χ0v) is 13.5. The summed E-state index contributed by atoms with van der Waals surface area (Å²) in [6.45, 7) is 7.09. The summed E-state index contributed by atoms with van der Waals surface area (Å²) in [7, 11) is 0. The van der Waals surface area contributed by atoms with Crippen molar-refractivity contribution in [3.8, 4) is 0 Å². The van der Waals surface area contributed by atoms with Crippen LogP contribution in [0.4, 0.5) is 0 Å². The fourth-order valence-electron chi connectivity index (χ4n) is 4.19. The Bertz CT molecular complexity index is 506. The van der Waals surface area contributed by atoms with Gasteiger partial charge in [-0.15, -0.1) is 0 Å². The Morgan fingerprint density at radius 2 is 1.76 bits per heavy atom. The predicted molar refractivity (Wildman–Crippen MR) is 86.0 cm³/mol. The maximum atomic E-state index is 12.6. The maximum absolute atomic E-state index is 12.6. The number of Topliss-reactive ketones (excluding diaryl/α,β-unsaturated/α-hetero) is 1. The number of carbonyl (C=O) groups is 1. The fraction of sp³-hybridized carbons (Fsp3) is 0.722. The quantitative estimate of drug-likeness (QED) is 0.785. The Kier molecular flexibility index (Phi) is 4.48. The van der Waals surface area contributed by atoms with E-state index in [0.29, 0.717) is 18.4 Å². The molecule has 3 rings (SSSR count). The van der Waals surface area contributed by atoms with Gasteiger partial charge in [0.05, 0.1) is 6.54 Å². The van der Waals surface area contributed by atoms with Crippen molar-refractivity contribution in [3.63, 3.8) is 0 Å². The molecule has 1 aliphatic heterocycles. The summed E-state index contributed by atoms with van der Waals surface area (Å²) in [6, 6.07) is 2.74. The molecule has 1 saturated heterocycles. The Hall–Kier alpha value is -1.09. The van der Waals surface area contributed by atoms with Crippen LogP contribution in [0.15, 0.2) is 6.07 Å². The molecule has 2 fully saturated rings. The first-order chi connectivity index (χ1) is 10.2. The van der Waals surface area contributed by atoms with Gasteiger partial charge in [0.1, 0.15) is 0 Å². The molecule has 0 bridgehead atoms. The minimum atomic E-state index is 0.312. The molecule has 0 unspecified atom stereocenters. The number of likely N-dealkylation sites (tertiary alicyclic amines) is 1. The number of aryl methyl sites for hydroxylation is 1. The number of hydrogen-bond donors (Lipinski definition) is 0. The van der Waals surface area contributed by atoms with Crippen molar-refractivity contribution in [2.24, 2.45) is 0 Å². The molecular formula is C18H28N2O. The van der Waals surface area contributed by atoms with E-state index in [1.165, 1.54) is 56.3 Å². The van der Waals surface area contributed by atoms with Crippen LogP contribution in [0.3, 0.4) is 0 Å². The third-order valence-corrected chi connectivity index (χ3v) is 5.29. The van der Waals surface area contributed by atoms with Gasteiger partial charge in [-0.3, -0.25) is 9.69 Å². The summed E-state index contributed by atoms with van der Waals surface area (Å²) >= 11 is 0. The average molecular weight is 288 g/mol. The highest BCUT2D eigenvalue weighted by Crippen LogP contribution is 2.32. The summed E-state index contributed by atoms with van der Waals surface area (Å²) in [4.78, 5) is 14.9. The van der Waals surface area contributed by atoms with Gasteiger partial charge in [0.15, 0.2) is 5.78 Å². The van der Waals surface area contributed by atoms with E-state index in [2.05, 4.69) is 29.4 Å². The minimum absolute atomic E-state index is 0.312. The molecule has 3 heteroatoms. The minimum Gasteiger partial charge on any atom is -0.345 e. The fourth-order valence-corrected chi connectivity index (χ4v) is 4.19. The third-order valence-electron chi connectivity index (χ3n) is 5.29. The van der Waals surface area contributed by atoms with E-state index in [1.54, 1.807) is 0 Å². The van der Waals surface area contributed by atoms with Crippen molar-refractivity contribution in [2.45, 2.75) is 64.8 Å². The summed E-state index contributed by atoms with van der Waals surface area (Å²) in [5.41, 5.74) is 3.43. The monoisotopic (exact) mass is 288 g/mol. The SMILES string of the molecule is Cc1cc(C(=O)CN2CCCC2)c(C)n1C1CCCCC1. The molecule has 0 N–H and O–H groups in total. The molecule has 1 aromatic heterocycles. The molecule has 0 atom stereocenters. The Balaban J connectivity index is 1.77. The second-order valence-corrected chi connectivity index (χ2v) is 6.85. The molecule has 2 aliphatic rings. The molecule has 2 heterocycles. The zero-order valence-electron chi connectivity index (χ0n) is 13.5. The molecule has 0 radical (unpaired) electrons.